The highest BCUT2D eigenvalue weighted by atomic mass is 32.1. The van der Waals surface area contributed by atoms with Crippen LogP contribution in [0.2, 0.25) is 0 Å². The first-order valence-corrected chi connectivity index (χ1v) is 25.8. The van der Waals surface area contributed by atoms with Crippen molar-refractivity contribution >= 4 is 126 Å². The van der Waals surface area contributed by atoms with Crippen LogP contribution in [-0.4, -0.2) is 16.4 Å². The van der Waals surface area contributed by atoms with Crippen molar-refractivity contribution < 1.29 is 4.42 Å². The van der Waals surface area contributed by atoms with Gasteiger partial charge in [-0.15, -0.1) is 22.7 Å². The molecular formula is C61H48BN3OS2. The van der Waals surface area contributed by atoms with Gasteiger partial charge in [-0.25, -0.2) is 4.98 Å². The number of thiophene rings is 1. The maximum absolute atomic E-state index is 6.64. The number of anilines is 2. The summed E-state index contributed by atoms with van der Waals surface area (Å²) in [4.78, 5) is 8.09. The second-order valence-electron chi connectivity index (χ2n) is 22.2. The standard InChI is InChI=1S/C61H48BN3OS2/c1-59(2,3)34-17-19-35(20-18-34)65-49-27-43-42-26-44-45(61(6,7)24-23-60(44,4)5)29-54(42)67-53(43)28-40(49)37-21-22-38-39-25-41-36-15-11-12-16-51(36)66-52(41)31-48(39)64-50-32-55-47(30-46(50)62(65)56(37)57(38)64)63-58(68-55)33-13-9-8-10-14-33/h8-22,25-32H,23-24H2,1-7H3. The zero-order chi connectivity index (χ0) is 45.7. The Labute approximate surface area is 403 Å². The van der Waals surface area contributed by atoms with Crippen molar-refractivity contribution in [2.75, 3.05) is 4.81 Å². The number of benzene rings is 8. The molecule has 328 valence electrons. The molecule has 0 unspecified atom stereocenters. The third-order valence-corrected chi connectivity index (χ3v) is 18.4. The normalized spacial score (nSPS) is 15.9. The van der Waals surface area contributed by atoms with Crippen molar-refractivity contribution in [1.29, 1.82) is 0 Å². The Morgan fingerprint density at radius 3 is 2.12 bits per heavy atom. The number of hydrogen-bond donors (Lipinski definition) is 0. The molecule has 0 bridgehead atoms. The van der Waals surface area contributed by atoms with Crippen LogP contribution in [0, 0.1) is 0 Å². The highest BCUT2D eigenvalue weighted by Gasteiger charge is 2.45. The Morgan fingerprint density at radius 1 is 0.588 bits per heavy atom. The van der Waals surface area contributed by atoms with Crippen molar-refractivity contribution in [3.63, 3.8) is 0 Å². The van der Waals surface area contributed by atoms with E-state index in [1.807, 2.05) is 11.3 Å². The van der Waals surface area contributed by atoms with Crippen LogP contribution >= 0.6 is 22.7 Å². The number of furan rings is 1. The van der Waals surface area contributed by atoms with Gasteiger partial charge in [0.05, 0.1) is 21.3 Å². The van der Waals surface area contributed by atoms with Gasteiger partial charge in [-0.2, -0.15) is 0 Å². The van der Waals surface area contributed by atoms with Crippen molar-refractivity contribution in [2.45, 2.75) is 77.6 Å². The Morgan fingerprint density at radius 2 is 1.32 bits per heavy atom. The van der Waals surface area contributed by atoms with Crippen LogP contribution in [0.15, 0.2) is 144 Å². The molecule has 6 heterocycles. The molecule has 0 saturated carbocycles. The highest BCUT2D eigenvalue weighted by molar-refractivity contribution is 7.26. The van der Waals surface area contributed by atoms with Crippen molar-refractivity contribution in [1.82, 2.24) is 9.55 Å². The lowest BCUT2D eigenvalue weighted by Crippen LogP contribution is -2.60. The minimum absolute atomic E-state index is 0.0237. The van der Waals surface area contributed by atoms with Gasteiger partial charge in [0, 0.05) is 76.0 Å². The number of rotatable bonds is 2. The van der Waals surface area contributed by atoms with E-state index < -0.39 is 0 Å². The lowest BCUT2D eigenvalue weighted by atomic mass is 9.44. The average molecular weight is 914 g/mol. The summed E-state index contributed by atoms with van der Waals surface area (Å²) in [6.07, 6.45) is 2.40. The fraction of sp³-hybridized carbons (Fsp3) is 0.197. The van der Waals surface area contributed by atoms with Crippen LogP contribution in [0.1, 0.15) is 78.0 Å². The minimum atomic E-state index is -0.126. The molecule has 2 aliphatic heterocycles. The Kier molecular flexibility index (Phi) is 7.58. The third-order valence-electron chi connectivity index (χ3n) is 16.2. The molecule has 0 saturated heterocycles. The monoisotopic (exact) mass is 913 g/mol. The first-order valence-electron chi connectivity index (χ1n) is 24.2. The van der Waals surface area contributed by atoms with Crippen molar-refractivity contribution in [2.24, 2.45) is 0 Å². The summed E-state index contributed by atoms with van der Waals surface area (Å²) in [5.74, 6) is 0. The molecule has 0 amide bonds. The van der Waals surface area contributed by atoms with E-state index in [1.165, 1.54) is 110 Å². The zero-order valence-electron chi connectivity index (χ0n) is 39.3. The molecule has 0 N–H and O–H groups in total. The lowest BCUT2D eigenvalue weighted by Gasteiger charge is -2.42. The first kappa shape index (κ1) is 39.3. The van der Waals surface area contributed by atoms with E-state index in [1.54, 1.807) is 11.3 Å². The summed E-state index contributed by atoms with van der Waals surface area (Å²) in [5, 5.41) is 8.56. The molecule has 0 spiro atoms. The van der Waals surface area contributed by atoms with Gasteiger partial charge in [0.2, 0.25) is 0 Å². The molecule has 8 aromatic carbocycles. The largest absolute Gasteiger partial charge is 0.456 e. The number of nitrogens with zero attached hydrogens (tertiary/aromatic N) is 3. The number of fused-ring (bicyclic) bond motifs is 16. The van der Waals surface area contributed by atoms with Gasteiger partial charge in [0.15, 0.2) is 0 Å². The fourth-order valence-electron chi connectivity index (χ4n) is 12.5. The topological polar surface area (TPSA) is 34.2 Å². The number of para-hydroxylation sites is 1. The molecule has 15 rings (SSSR count). The molecule has 3 aliphatic rings. The maximum Gasteiger partial charge on any atom is 0.333 e. The van der Waals surface area contributed by atoms with Crippen molar-refractivity contribution in [3.8, 4) is 27.4 Å². The van der Waals surface area contributed by atoms with Gasteiger partial charge < -0.3 is 13.8 Å². The molecule has 0 radical (unpaired) electrons. The highest BCUT2D eigenvalue weighted by Crippen LogP contribution is 2.53. The van der Waals surface area contributed by atoms with Crippen LogP contribution in [0.5, 0.6) is 0 Å². The van der Waals surface area contributed by atoms with E-state index in [9.17, 15) is 0 Å². The van der Waals surface area contributed by atoms with Gasteiger partial charge in [0.25, 0.3) is 0 Å². The van der Waals surface area contributed by atoms with E-state index >= 15 is 0 Å². The summed E-state index contributed by atoms with van der Waals surface area (Å²) >= 11 is 3.74. The third kappa shape index (κ3) is 5.24. The van der Waals surface area contributed by atoms with Crippen LogP contribution in [-0.2, 0) is 16.2 Å². The number of thiazole rings is 1. The molecule has 1 aliphatic carbocycles. The van der Waals surface area contributed by atoms with Crippen molar-refractivity contribution in [3.05, 3.63) is 156 Å². The maximum atomic E-state index is 6.64. The molecular weight excluding hydrogens is 866 g/mol. The molecule has 0 atom stereocenters. The summed E-state index contributed by atoms with van der Waals surface area (Å²) < 4.78 is 13.1. The lowest BCUT2D eigenvalue weighted by molar-refractivity contribution is 0.332. The molecule has 68 heavy (non-hydrogen) atoms. The quantitative estimate of drug-likeness (QED) is 0.162. The van der Waals surface area contributed by atoms with Gasteiger partial charge in [-0.3, -0.25) is 0 Å². The predicted molar refractivity (Wildman–Crippen MR) is 293 cm³/mol. The van der Waals surface area contributed by atoms with Crippen LogP contribution in [0.3, 0.4) is 0 Å². The van der Waals surface area contributed by atoms with Gasteiger partial charge in [0.1, 0.15) is 16.2 Å². The van der Waals surface area contributed by atoms with Crippen LogP contribution in [0.4, 0.5) is 11.4 Å². The van der Waals surface area contributed by atoms with Gasteiger partial charge in [-0.1, -0.05) is 121 Å². The Hall–Kier alpha value is -6.67. The van der Waals surface area contributed by atoms with E-state index in [-0.39, 0.29) is 23.1 Å². The molecule has 4 aromatic heterocycles. The first-order chi connectivity index (χ1) is 32.8. The second-order valence-corrected chi connectivity index (χ2v) is 24.3. The molecule has 12 aromatic rings. The number of hydrogen-bond acceptors (Lipinski definition) is 5. The Balaban J connectivity index is 1.08. The molecule has 4 nitrogen and oxygen atoms in total. The fourth-order valence-corrected chi connectivity index (χ4v) is 14.6. The summed E-state index contributed by atoms with van der Waals surface area (Å²) in [6, 6.07) is 53.2. The van der Waals surface area contributed by atoms with E-state index in [2.05, 4.69) is 197 Å². The molecule has 0 fully saturated rings. The summed E-state index contributed by atoms with van der Waals surface area (Å²) in [7, 11) is 0. The minimum Gasteiger partial charge on any atom is -0.456 e. The van der Waals surface area contributed by atoms with E-state index in [0.29, 0.717) is 0 Å². The van der Waals surface area contributed by atoms with Gasteiger partial charge in [-0.05, 0) is 123 Å². The molecule has 7 heteroatoms. The zero-order valence-corrected chi connectivity index (χ0v) is 41.0. The van der Waals surface area contributed by atoms with Crippen LogP contribution < -0.4 is 15.7 Å². The predicted octanol–water partition coefficient (Wildman–Crippen LogP) is 16.2. The summed E-state index contributed by atoms with van der Waals surface area (Å²) in [5.41, 5.74) is 19.9. The van der Waals surface area contributed by atoms with E-state index in [4.69, 9.17) is 9.40 Å². The second kappa shape index (κ2) is 13.1. The SMILES string of the molecule is CC(C)(C)c1ccc(N2B3c4cc5nc(-c6ccccc6)sc5cc4-n4c5cc6oc7ccccc7c6cc5c5ccc(c3c54)-c3cc4sc5cc6c(cc5c4cc32)C(C)(C)CCC6(C)C)cc1. The Bertz CT molecular complexity index is 4200. The van der Waals surface area contributed by atoms with E-state index in [0.717, 1.165) is 43.5 Å². The van der Waals surface area contributed by atoms with Crippen LogP contribution in [0.25, 0.3) is 102 Å². The van der Waals surface area contributed by atoms with Gasteiger partial charge >= 0.3 is 6.85 Å². The number of aromatic nitrogens is 2. The summed E-state index contributed by atoms with van der Waals surface area (Å²) in [6.45, 7) is 16.6. The average Bonchev–Trinajstić information content (AvgIpc) is 4.10. The smallest absolute Gasteiger partial charge is 0.333 e.